The molecule has 5 heavy (non-hydrogen) atoms. The largest absolute Gasteiger partial charge is 0.231 e. The van der Waals surface area contributed by atoms with Gasteiger partial charge < -0.3 is 0 Å². The lowest BCUT2D eigenvalue weighted by atomic mass is 14.0. The molecule has 0 aliphatic carbocycles. The summed E-state index contributed by atoms with van der Waals surface area (Å²) in [4.78, 5) is 0. The average molecular weight is 115 g/mol. The van der Waals surface area contributed by atoms with Crippen LogP contribution < -0.4 is 5.14 Å². The number of hydrogen-bond acceptors (Lipinski definition) is 2. The summed E-state index contributed by atoms with van der Waals surface area (Å²) in [6, 6.07) is 0. The molecule has 0 bridgehead atoms. The Bertz CT molecular complexity index is 58.0. The first-order chi connectivity index (χ1) is 1.73. The first-order valence-electron chi connectivity index (χ1n) is 0.623. The average Bonchev–Trinajstić information content (AvgIpc) is 0.811. The Morgan fingerprint density at radius 3 is 1.40 bits per heavy atom. The Morgan fingerprint density at radius 1 is 1.40 bits per heavy atom. The highest BCUT2D eigenvalue weighted by molar-refractivity contribution is 7.69. The molecule has 0 rings (SSSR count). The number of rotatable bonds is 0. The van der Waals surface area contributed by atoms with Crippen LogP contribution in [0.15, 0.2) is 0 Å². The lowest BCUT2D eigenvalue weighted by molar-refractivity contribution is 0.616. The highest BCUT2D eigenvalue weighted by Crippen LogP contribution is 1.14. The third kappa shape index (κ3) is 206. The van der Waals surface area contributed by atoms with E-state index in [2.05, 4.69) is 5.14 Å². The lowest BCUT2D eigenvalue weighted by Crippen LogP contribution is -1.85. The summed E-state index contributed by atoms with van der Waals surface area (Å²) < 4.78 is 17.6. The summed E-state index contributed by atoms with van der Waals surface area (Å²) in [5.74, 6) is 0. The second-order valence-electron chi connectivity index (χ2n) is 0.285. The second-order valence-corrected chi connectivity index (χ2v) is 0.856. The standard InChI is InChI=1S/H3NO2S.H3P/c1-4(2)3;/h4H,(H2,1,2,3);1H3. The predicted molar refractivity (Wildman–Crippen MR) is 25.6 cm³/mol. The summed E-state index contributed by atoms with van der Waals surface area (Å²) in [5.41, 5.74) is 0. The van der Waals surface area contributed by atoms with E-state index < -0.39 is 10.9 Å². The van der Waals surface area contributed by atoms with Gasteiger partial charge >= 0.3 is 0 Å². The minimum Gasteiger partial charge on any atom is -0.231 e. The third-order valence-electron chi connectivity index (χ3n) is 0. The maximum absolute atomic E-state index is 8.81. The number of thiol groups is 1. The minimum absolute atomic E-state index is 0. The van der Waals surface area contributed by atoms with E-state index in [-0.39, 0.29) is 9.90 Å². The van der Waals surface area contributed by atoms with Crippen LogP contribution in [0.5, 0.6) is 0 Å². The van der Waals surface area contributed by atoms with Gasteiger partial charge in [0, 0.05) is 0 Å². The monoisotopic (exact) mass is 115 g/mol. The molecule has 0 aromatic carbocycles. The van der Waals surface area contributed by atoms with E-state index >= 15 is 0 Å². The molecule has 1 unspecified atom stereocenters. The Hall–Kier alpha value is 0.340. The van der Waals surface area contributed by atoms with Crippen molar-refractivity contribution in [3.63, 3.8) is 0 Å². The van der Waals surface area contributed by atoms with Crippen LogP contribution in [-0.4, -0.2) is 8.42 Å². The Kier molecular flexibility index (Phi) is 7.83. The van der Waals surface area contributed by atoms with Crippen molar-refractivity contribution in [1.82, 2.24) is 0 Å². The zero-order chi connectivity index (χ0) is 3.58. The normalized spacial score (nSPS) is 6.80. The maximum Gasteiger partial charge on any atom is 0.198 e. The van der Waals surface area contributed by atoms with Gasteiger partial charge in [-0.1, -0.05) is 0 Å². The molecule has 0 aromatic heterocycles. The molecule has 34 valence electrons. The molecule has 0 spiro atoms. The van der Waals surface area contributed by atoms with E-state index in [0.29, 0.717) is 0 Å². The predicted octanol–water partition coefficient (Wildman–Crippen LogP) is -1.47. The Labute approximate surface area is 35.3 Å². The Morgan fingerprint density at radius 2 is 1.40 bits per heavy atom. The molecular weight excluding hydrogens is 109 g/mol. The molecule has 0 amide bonds. The van der Waals surface area contributed by atoms with E-state index in [1.165, 1.54) is 0 Å². The quantitative estimate of drug-likeness (QED) is 0.299. The van der Waals surface area contributed by atoms with Gasteiger partial charge in [-0.15, -0.1) is 0 Å². The van der Waals surface area contributed by atoms with E-state index in [1.807, 2.05) is 0 Å². The van der Waals surface area contributed by atoms with Gasteiger partial charge in [0.25, 0.3) is 0 Å². The lowest BCUT2D eigenvalue weighted by Gasteiger charge is -1.44. The van der Waals surface area contributed by atoms with Crippen LogP contribution in [0.2, 0.25) is 0 Å². The van der Waals surface area contributed by atoms with Crippen LogP contribution in [-0.2, 0) is 10.9 Å². The van der Waals surface area contributed by atoms with E-state index in [4.69, 9.17) is 8.42 Å². The van der Waals surface area contributed by atoms with Gasteiger partial charge in [0.15, 0.2) is 10.9 Å². The molecule has 0 fully saturated rings. The van der Waals surface area contributed by atoms with Crippen molar-refractivity contribution in [2.75, 3.05) is 0 Å². The van der Waals surface area contributed by atoms with Crippen molar-refractivity contribution >= 4 is 20.8 Å². The summed E-state index contributed by atoms with van der Waals surface area (Å²) in [6.07, 6.45) is 0. The van der Waals surface area contributed by atoms with E-state index in [1.54, 1.807) is 0 Å². The minimum atomic E-state index is -2.62. The van der Waals surface area contributed by atoms with Crippen LogP contribution in [0, 0.1) is 0 Å². The van der Waals surface area contributed by atoms with E-state index in [0.717, 1.165) is 0 Å². The van der Waals surface area contributed by atoms with Crippen molar-refractivity contribution in [3.8, 4) is 0 Å². The Balaban J connectivity index is 0. The fourth-order valence-electron chi connectivity index (χ4n) is 0. The molecule has 3 nitrogen and oxygen atoms in total. The van der Waals surface area contributed by atoms with E-state index in [9.17, 15) is 0 Å². The van der Waals surface area contributed by atoms with Crippen LogP contribution >= 0.6 is 9.90 Å². The molecule has 5 heteroatoms. The highest BCUT2D eigenvalue weighted by atomic mass is 32.2. The van der Waals surface area contributed by atoms with Crippen molar-refractivity contribution in [3.05, 3.63) is 0 Å². The zero-order valence-electron chi connectivity index (χ0n) is 2.55. The third-order valence-corrected chi connectivity index (χ3v) is 0. The van der Waals surface area contributed by atoms with Crippen molar-refractivity contribution in [2.45, 2.75) is 0 Å². The first kappa shape index (κ1) is 9.02. The molecule has 0 aromatic rings. The van der Waals surface area contributed by atoms with Gasteiger partial charge in [-0.25, -0.2) is 13.6 Å². The van der Waals surface area contributed by atoms with Crippen LogP contribution in [0.1, 0.15) is 0 Å². The molecule has 0 aliphatic heterocycles. The van der Waals surface area contributed by atoms with Crippen molar-refractivity contribution in [1.29, 1.82) is 0 Å². The summed E-state index contributed by atoms with van der Waals surface area (Å²) in [6.45, 7) is 0. The SMILES string of the molecule is N[SH](=O)=O.P. The van der Waals surface area contributed by atoms with Gasteiger partial charge in [0.2, 0.25) is 0 Å². The maximum atomic E-state index is 8.81. The number of hydrogen-bond donors (Lipinski definition) is 2. The van der Waals surface area contributed by atoms with Gasteiger partial charge in [0.1, 0.15) is 0 Å². The van der Waals surface area contributed by atoms with Gasteiger partial charge in [-0.3, -0.25) is 0 Å². The van der Waals surface area contributed by atoms with Gasteiger partial charge in [-0.05, 0) is 0 Å². The summed E-state index contributed by atoms with van der Waals surface area (Å²) in [7, 11) is -2.62. The van der Waals surface area contributed by atoms with Crippen LogP contribution in [0.25, 0.3) is 0 Å². The number of nitrogens with two attached hydrogens (primary N) is 1. The van der Waals surface area contributed by atoms with Gasteiger partial charge in [0.05, 0.1) is 0 Å². The highest BCUT2D eigenvalue weighted by Gasteiger charge is 1.42. The molecule has 0 saturated heterocycles. The molecule has 0 aliphatic rings. The zero-order valence-corrected chi connectivity index (χ0v) is 4.86. The van der Waals surface area contributed by atoms with Crippen molar-refractivity contribution < 1.29 is 8.42 Å². The van der Waals surface area contributed by atoms with Crippen molar-refractivity contribution in [2.24, 2.45) is 5.14 Å². The molecular formula is H6NO2PS. The fraction of sp³-hybridized carbons (Fsp3) is 0. The summed E-state index contributed by atoms with van der Waals surface area (Å²) in [5, 5.41) is 4.06. The first-order valence-corrected chi connectivity index (χ1v) is 1.87. The second kappa shape index (κ2) is 4.34. The molecule has 1 atom stereocenters. The van der Waals surface area contributed by atoms with Gasteiger partial charge in [-0.2, -0.15) is 9.90 Å². The molecule has 0 heterocycles. The topological polar surface area (TPSA) is 60.2 Å². The summed E-state index contributed by atoms with van der Waals surface area (Å²) >= 11 is 0. The molecule has 0 radical (unpaired) electrons. The van der Waals surface area contributed by atoms with Crippen LogP contribution in [0.4, 0.5) is 0 Å². The molecule has 0 saturated carbocycles. The smallest absolute Gasteiger partial charge is 0.198 e. The molecule has 2 N–H and O–H groups in total. The fourth-order valence-corrected chi connectivity index (χ4v) is 0. The van der Waals surface area contributed by atoms with Crippen LogP contribution in [0.3, 0.4) is 0 Å².